The third kappa shape index (κ3) is 5.51. The number of aromatic nitrogens is 1. The van der Waals surface area contributed by atoms with Crippen LogP contribution < -0.4 is 16.2 Å². The quantitative estimate of drug-likeness (QED) is 0.538. The molecule has 0 saturated carbocycles. The van der Waals surface area contributed by atoms with Crippen LogP contribution in [0.5, 0.6) is 0 Å². The lowest BCUT2D eigenvalue weighted by Crippen LogP contribution is -2.43. The summed E-state index contributed by atoms with van der Waals surface area (Å²) in [5.41, 5.74) is 1.10. The predicted molar refractivity (Wildman–Crippen MR) is 96.5 cm³/mol. The topological polar surface area (TPSA) is 138 Å². The van der Waals surface area contributed by atoms with E-state index in [4.69, 9.17) is 10.2 Å². The number of hydrogen-bond donors (Lipinski definition) is 4. The maximum atomic E-state index is 12.1. The summed E-state index contributed by atoms with van der Waals surface area (Å²) < 4.78 is 1.27. The van der Waals surface area contributed by atoms with Crippen molar-refractivity contribution in [2.24, 2.45) is 0 Å². The van der Waals surface area contributed by atoms with Gasteiger partial charge in [-0.3, -0.25) is 14.4 Å². The molecule has 4 N–H and O–H groups in total. The monoisotopic (exact) mass is 373 g/mol. The Balaban J connectivity index is 1.98. The summed E-state index contributed by atoms with van der Waals surface area (Å²) >= 11 is 0. The third-order valence-electron chi connectivity index (χ3n) is 3.68. The molecule has 0 aliphatic carbocycles. The van der Waals surface area contributed by atoms with E-state index in [1.54, 1.807) is 13.0 Å². The summed E-state index contributed by atoms with van der Waals surface area (Å²) in [4.78, 5) is 46.6. The van der Waals surface area contributed by atoms with Crippen molar-refractivity contribution in [1.29, 1.82) is 0 Å². The molecule has 2 amide bonds. The maximum absolute atomic E-state index is 12.1. The third-order valence-corrected chi connectivity index (χ3v) is 3.68. The van der Waals surface area contributed by atoms with Crippen LogP contribution in [0.1, 0.15) is 15.9 Å². The van der Waals surface area contributed by atoms with Gasteiger partial charge in [-0.2, -0.15) is 0 Å². The second-order valence-corrected chi connectivity index (χ2v) is 5.84. The summed E-state index contributed by atoms with van der Waals surface area (Å²) in [5.74, 6) is -2.43. The second kappa shape index (κ2) is 8.77. The zero-order valence-corrected chi connectivity index (χ0v) is 14.5. The Morgan fingerprint density at radius 1 is 1.15 bits per heavy atom. The largest absolute Gasteiger partial charge is 0.480 e. The number of aliphatic carboxylic acids is 1. The minimum Gasteiger partial charge on any atom is -0.480 e. The van der Waals surface area contributed by atoms with Crippen molar-refractivity contribution in [1.82, 2.24) is 9.88 Å². The van der Waals surface area contributed by atoms with Gasteiger partial charge in [0.05, 0.1) is 6.61 Å². The van der Waals surface area contributed by atoms with E-state index in [-0.39, 0.29) is 17.7 Å². The molecular weight excluding hydrogens is 354 g/mol. The highest BCUT2D eigenvalue weighted by Crippen LogP contribution is 2.10. The fourth-order valence-electron chi connectivity index (χ4n) is 2.22. The Morgan fingerprint density at radius 2 is 1.81 bits per heavy atom. The van der Waals surface area contributed by atoms with Gasteiger partial charge in [0.1, 0.15) is 6.54 Å². The van der Waals surface area contributed by atoms with E-state index < -0.39 is 30.4 Å². The average molecular weight is 373 g/mol. The number of pyridine rings is 1. The summed E-state index contributed by atoms with van der Waals surface area (Å²) in [6, 6.07) is 7.50. The van der Waals surface area contributed by atoms with Gasteiger partial charge in [0.15, 0.2) is 6.04 Å². The van der Waals surface area contributed by atoms with Gasteiger partial charge >= 0.3 is 5.97 Å². The first-order valence-electron chi connectivity index (χ1n) is 8.01. The second-order valence-electron chi connectivity index (χ2n) is 5.84. The van der Waals surface area contributed by atoms with E-state index in [9.17, 15) is 19.2 Å². The normalized spacial score (nSPS) is 11.5. The Labute approximate surface area is 154 Å². The molecule has 0 fully saturated rings. The van der Waals surface area contributed by atoms with E-state index >= 15 is 0 Å². The van der Waals surface area contributed by atoms with Gasteiger partial charge in [-0.15, -0.1) is 0 Å². The zero-order chi connectivity index (χ0) is 20.0. The van der Waals surface area contributed by atoms with Crippen LogP contribution >= 0.6 is 0 Å². The van der Waals surface area contributed by atoms with E-state index in [0.717, 1.165) is 5.56 Å². The van der Waals surface area contributed by atoms with Gasteiger partial charge in [-0.05, 0) is 42.8 Å². The molecule has 0 bridgehead atoms. The van der Waals surface area contributed by atoms with E-state index in [1.807, 2.05) is 0 Å². The first-order valence-corrected chi connectivity index (χ1v) is 8.01. The number of anilines is 1. The number of carboxylic acid groups (broad SMARTS) is 1. The zero-order valence-electron chi connectivity index (χ0n) is 14.5. The molecule has 1 aromatic heterocycles. The first kappa shape index (κ1) is 19.9. The van der Waals surface area contributed by atoms with Gasteiger partial charge < -0.3 is 25.4 Å². The highest BCUT2D eigenvalue weighted by molar-refractivity contribution is 5.97. The summed E-state index contributed by atoms with van der Waals surface area (Å²) in [6.45, 7) is 0.897. The molecule has 27 heavy (non-hydrogen) atoms. The molecule has 0 spiro atoms. The highest BCUT2D eigenvalue weighted by Gasteiger charge is 2.19. The minimum absolute atomic E-state index is 0.155. The number of aliphatic hydroxyl groups is 1. The smallest absolute Gasteiger partial charge is 0.328 e. The molecule has 9 nitrogen and oxygen atoms in total. The molecule has 1 unspecified atom stereocenters. The summed E-state index contributed by atoms with van der Waals surface area (Å²) in [7, 11) is 0. The Hall–Kier alpha value is -3.46. The number of nitrogens with one attached hydrogen (secondary N) is 2. The SMILES string of the molecule is Cc1ccn(CC(=O)Nc2ccc(C(=O)NC(CO)C(=O)O)cc2)c(=O)c1. The molecule has 0 aliphatic heterocycles. The van der Waals surface area contributed by atoms with Gasteiger partial charge in [-0.1, -0.05) is 0 Å². The number of rotatable bonds is 7. The highest BCUT2D eigenvalue weighted by atomic mass is 16.4. The molecule has 2 aromatic rings. The van der Waals surface area contributed by atoms with Gasteiger partial charge in [0.25, 0.3) is 11.5 Å². The average Bonchev–Trinajstić information content (AvgIpc) is 2.62. The van der Waals surface area contributed by atoms with E-state index in [1.165, 1.54) is 41.1 Å². The number of carboxylic acids is 1. The lowest BCUT2D eigenvalue weighted by atomic mass is 10.1. The summed E-state index contributed by atoms with van der Waals surface area (Å²) in [6.07, 6.45) is 1.53. The van der Waals surface area contributed by atoms with Gasteiger partial charge in [0, 0.05) is 23.5 Å². The van der Waals surface area contributed by atoms with Crippen LogP contribution in [-0.2, 0) is 16.1 Å². The molecule has 2 rings (SSSR count). The molecule has 0 saturated heterocycles. The van der Waals surface area contributed by atoms with Crippen molar-refractivity contribution < 1.29 is 24.6 Å². The van der Waals surface area contributed by atoms with Crippen LogP contribution in [0.15, 0.2) is 47.4 Å². The van der Waals surface area contributed by atoms with Crippen LogP contribution in [0.25, 0.3) is 0 Å². The van der Waals surface area contributed by atoms with Crippen molar-refractivity contribution in [3.63, 3.8) is 0 Å². The maximum Gasteiger partial charge on any atom is 0.328 e. The fourth-order valence-corrected chi connectivity index (χ4v) is 2.22. The molecule has 142 valence electrons. The number of amides is 2. The Kier molecular flexibility index (Phi) is 6.45. The van der Waals surface area contributed by atoms with E-state index in [0.29, 0.717) is 5.69 Å². The Morgan fingerprint density at radius 3 is 2.37 bits per heavy atom. The van der Waals surface area contributed by atoms with Crippen molar-refractivity contribution in [2.45, 2.75) is 19.5 Å². The lowest BCUT2D eigenvalue weighted by Gasteiger charge is -2.12. The standard InChI is InChI=1S/C18H19N3O6/c1-11-6-7-21(16(24)8-11)9-15(23)19-13-4-2-12(3-5-13)17(25)20-14(10-22)18(26)27/h2-8,14,22H,9-10H2,1H3,(H,19,23)(H,20,25)(H,26,27). The van der Waals surface area contributed by atoms with Crippen LogP contribution in [0, 0.1) is 6.92 Å². The van der Waals surface area contributed by atoms with E-state index in [2.05, 4.69) is 10.6 Å². The van der Waals surface area contributed by atoms with Gasteiger partial charge in [0.2, 0.25) is 5.91 Å². The van der Waals surface area contributed by atoms with Crippen molar-refractivity contribution in [3.05, 3.63) is 64.1 Å². The number of hydrogen-bond acceptors (Lipinski definition) is 5. The molecule has 1 heterocycles. The lowest BCUT2D eigenvalue weighted by molar-refractivity contribution is -0.140. The number of aryl methyl sites for hydroxylation is 1. The van der Waals surface area contributed by atoms with Crippen molar-refractivity contribution in [2.75, 3.05) is 11.9 Å². The number of nitrogens with zero attached hydrogens (tertiary/aromatic N) is 1. The predicted octanol–water partition coefficient (Wildman–Crippen LogP) is -0.0293. The molecule has 0 radical (unpaired) electrons. The molecular formula is C18H19N3O6. The Bertz CT molecular complexity index is 904. The first-order chi connectivity index (χ1) is 12.8. The van der Waals surface area contributed by atoms with Gasteiger partial charge in [-0.25, -0.2) is 4.79 Å². The minimum atomic E-state index is -1.40. The van der Waals surface area contributed by atoms with Crippen molar-refractivity contribution >= 4 is 23.5 Å². The summed E-state index contributed by atoms with van der Waals surface area (Å²) in [5, 5.41) is 22.5. The molecule has 9 heteroatoms. The molecule has 1 aromatic carbocycles. The number of carbonyl (C=O) groups excluding carboxylic acids is 2. The number of benzene rings is 1. The van der Waals surface area contributed by atoms with Crippen LogP contribution in [-0.4, -0.2) is 45.2 Å². The van der Waals surface area contributed by atoms with Crippen LogP contribution in [0.3, 0.4) is 0 Å². The molecule has 1 atom stereocenters. The molecule has 0 aliphatic rings. The number of carbonyl (C=O) groups is 3. The van der Waals surface area contributed by atoms with Crippen LogP contribution in [0.4, 0.5) is 5.69 Å². The fraction of sp³-hybridized carbons (Fsp3) is 0.222. The van der Waals surface area contributed by atoms with Crippen LogP contribution in [0.2, 0.25) is 0 Å². The van der Waals surface area contributed by atoms with Crippen molar-refractivity contribution in [3.8, 4) is 0 Å². The number of aliphatic hydroxyl groups excluding tert-OH is 1.